The molecule has 3 atom stereocenters. The molecule has 0 saturated heterocycles. The SMILES string of the molecule is CNC1CCC(C)CC1CCS(C)(=O)=O. The maximum absolute atomic E-state index is 11.1. The highest BCUT2D eigenvalue weighted by Crippen LogP contribution is 2.31. The second-order valence-corrected chi connectivity index (χ2v) is 7.25. The first-order valence-electron chi connectivity index (χ1n) is 5.77. The molecule has 0 bridgehead atoms. The first-order valence-corrected chi connectivity index (χ1v) is 7.83. The van der Waals surface area contributed by atoms with E-state index in [0.29, 0.717) is 17.7 Å². The minimum atomic E-state index is -2.80. The molecule has 0 aromatic heterocycles. The van der Waals surface area contributed by atoms with Gasteiger partial charge in [0.1, 0.15) is 9.84 Å². The minimum Gasteiger partial charge on any atom is -0.317 e. The zero-order chi connectivity index (χ0) is 11.5. The average molecular weight is 233 g/mol. The third-order valence-corrected chi connectivity index (χ3v) is 4.45. The van der Waals surface area contributed by atoms with E-state index >= 15 is 0 Å². The lowest BCUT2D eigenvalue weighted by molar-refractivity contribution is 0.216. The standard InChI is InChI=1S/C11H23NO2S/c1-9-4-5-11(12-2)10(8-9)6-7-15(3,13)14/h9-12H,4-8H2,1-3H3. The van der Waals surface area contributed by atoms with Crippen LogP contribution in [0.3, 0.4) is 0 Å². The molecule has 1 rings (SSSR count). The fraction of sp³-hybridized carbons (Fsp3) is 1.00. The van der Waals surface area contributed by atoms with Crippen LogP contribution in [0.4, 0.5) is 0 Å². The van der Waals surface area contributed by atoms with E-state index < -0.39 is 9.84 Å². The van der Waals surface area contributed by atoms with Gasteiger partial charge in [-0.15, -0.1) is 0 Å². The van der Waals surface area contributed by atoms with Crippen LogP contribution in [0.5, 0.6) is 0 Å². The molecule has 1 aliphatic rings. The Balaban J connectivity index is 2.49. The van der Waals surface area contributed by atoms with Gasteiger partial charge in [0.25, 0.3) is 0 Å². The van der Waals surface area contributed by atoms with Gasteiger partial charge in [0, 0.05) is 12.3 Å². The summed E-state index contributed by atoms with van der Waals surface area (Å²) in [6.45, 7) is 2.26. The van der Waals surface area contributed by atoms with Crippen molar-refractivity contribution >= 4 is 9.84 Å². The maximum atomic E-state index is 11.1. The summed E-state index contributed by atoms with van der Waals surface area (Å²) in [6, 6.07) is 0.517. The van der Waals surface area contributed by atoms with E-state index in [-0.39, 0.29) is 0 Å². The van der Waals surface area contributed by atoms with Gasteiger partial charge in [-0.05, 0) is 44.6 Å². The van der Waals surface area contributed by atoms with E-state index in [4.69, 9.17) is 0 Å². The van der Waals surface area contributed by atoms with Gasteiger partial charge in [0.15, 0.2) is 0 Å². The van der Waals surface area contributed by atoms with Crippen molar-refractivity contribution in [3.63, 3.8) is 0 Å². The quantitative estimate of drug-likeness (QED) is 0.799. The van der Waals surface area contributed by atoms with Crippen molar-refractivity contribution in [1.82, 2.24) is 5.32 Å². The first kappa shape index (κ1) is 13.0. The second-order valence-electron chi connectivity index (χ2n) is 4.99. The van der Waals surface area contributed by atoms with Gasteiger partial charge in [0.2, 0.25) is 0 Å². The van der Waals surface area contributed by atoms with E-state index in [1.807, 2.05) is 7.05 Å². The van der Waals surface area contributed by atoms with Gasteiger partial charge in [-0.25, -0.2) is 8.42 Å². The van der Waals surface area contributed by atoms with Crippen LogP contribution in [-0.2, 0) is 9.84 Å². The molecule has 3 nitrogen and oxygen atoms in total. The number of rotatable bonds is 4. The van der Waals surface area contributed by atoms with Crippen molar-refractivity contribution in [2.75, 3.05) is 19.1 Å². The lowest BCUT2D eigenvalue weighted by Gasteiger charge is -2.34. The monoisotopic (exact) mass is 233 g/mol. The Labute approximate surface area is 93.6 Å². The summed E-state index contributed by atoms with van der Waals surface area (Å²) in [4.78, 5) is 0. The predicted molar refractivity (Wildman–Crippen MR) is 63.7 cm³/mol. The Morgan fingerprint density at radius 2 is 2.00 bits per heavy atom. The van der Waals surface area contributed by atoms with Crippen LogP contribution in [-0.4, -0.2) is 33.5 Å². The summed E-state index contributed by atoms with van der Waals surface area (Å²) >= 11 is 0. The predicted octanol–water partition coefficient (Wildman–Crippen LogP) is 1.45. The van der Waals surface area contributed by atoms with Crippen LogP contribution in [0.2, 0.25) is 0 Å². The lowest BCUT2D eigenvalue weighted by Crippen LogP contribution is -2.39. The number of nitrogens with one attached hydrogen (secondary N) is 1. The van der Waals surface area contributed by atoms with E-state index in [2.05, 4.69) is 12.2 Å². The molecule has 3 unspecified atom stereocenters. The topological polar surface area (TPSA) is 46.2 Å². The summed E-state index contributed by atoms with van der Waals surface area (Å²) in [6.07, 6.45) is 5.76. The van der Waals surface area contributed by atoms with E-state index in [0.717, 1.165) is 12.3 Å². The largest absolute Gasteiger partial charge is 0.317 e. The molecule has 0 aromatic rings. The fourth-order valence-corrected chi connectivity index (χ4v) is 3.29. The molecule has 0 spiro atoms. The highest BCUT2D eigenvalue weighted by Gasteiger charge is 2.27. The molecule has 1 N–H and O–H groups in total. The molecule has 1 saturated carbocycles. The molecule has 0 heterocycles. The van der Waals surface area contributed by atoms with Gasteiger partial charge in [0.05, 0.1) is 5.75 Å². The normalized spacial score (nSPS) is 32.9. The van der Waals surface area contributed by atoms with Crippen molar-refractivity contribution in [2.45, 2.75) is 38.6 Å². The first-order chi connectivity index (χ1) is 6.92. The number of hydrogen-bond donors (Lipinski definition) is 1. The Bertz CT molecular complexity index is 287. The zero-order valence-corrected chi connectivity index (χ0v) is 10.8. The third-order valence-electron chi connectivity index (χ3n) is 3.47. The summed E-state index contributed by atoms with van der Waals surface area (Å²) in [5.41, 5.74) is 0. The second kappa shape index (κ2) is 5.30. The van der Waals surface area contributed by atoms with Crippen LogP contribution in [0.25, 0.3) is 0 Å². The molecule has 15 heavy (non-hydrogen) atoms. The van der Waals surface area contributed by atoms with Gasteiger partial charge < -0.3 is 5.32 Å². The molecule has 4 heteroatoms. The molecular weight excluding hydrogens is 210 g/mol. The summed E-state index contributed by atoms with van der Waals surface area (Å²) in [5, 5.41) is 3.32. The van der Waals surface area contributed by atoms with Crippen molar-refractivity contribution in [3.05, 3.63) is 0 Å². The molecule has 0 radical (unpaired) electrons. The van der Waals surface area contributed by atoms with Crippen LogP contribution < -0.4 is 5.32 Å². The van der Waals surface area contributed by atoms with E-state index in [1.54, 1.807) is 0 Å². The van der Waals surface area contributed by atoms with Crippen molar-refractivity contribution in [1.29, 1.82) is 0 Å². The fourth-order valence-electron chi connectivity index (χ4n) is 2.56. The van der Waals surface area contributed by atoms with Crippen LogP contribution in [0.1, 0.15) is 32.6 Å². The van der Waals surface area contributed by atoms with E-state index in [9.17, 15) is 8.42 Å². The van der Waals surface area contributed by atoms with Crippen molar-refractivity contribution < 1.29 is 8.42 Å². The highest BCUT2D eigenvalue weighted by atomic mass is 32.2. The Hall–Kier alpha value is -0.0900. The smallest absolute Gasteiger partial charge is 0.147 e. The van der Waals surface area contributed by atoms with Crippen molar-refractivity contribution in [3.8, 4) is 0 Å². The van der Waals surface area contributed by atoms with Crippen molar-refractivity contribution in [2.24, 2.45) is 11.8 Å². The van der Waals surface area contributed by atoms with E-state index in [1.165, 1.54) is 25.5 Å². The van der Waals surface area contributed by atoms with Crippen LogP contribution in [0.15, 0.2) is 0 Å². The molecule has 90 valence electrons. The summed E-state index contributed by atoms with van der Waals surface area (Å²) in [5.74, 6) is 1.62. The third kappa shape index (κ3) is 4.51. The highest BCUT2D eigenvalue weighted by molar-refractivity contribution is 7.90. The van der Waals surface area contributed by atoms with Gasteiger partial charge >= 0.3 is 0 Å². The maximum Gasteiger partial charge on any atom is 0.147 e. The molecule has 1 aliphatic carbocycles. The van der Waals surface area contributed by atoms with Gasteiger partial charge in [-0.3, -0.25) is 0 Å². The number of hydrogen-bond acceptors (Lipinski definition) is 3. The number of sulfone groups is 1. The molecule has 1 fully saturated rings. The Morgan fingerprint density at radius 1 is 1.33 bits per heavy atom. The Kier molecular flexibility index (Phi) is 4.59. The average Bonchev–Trinajstić information content (AvgIpc) is 2.14. The molecule has 0 aromatic carbocycles. The Morgan fingerprint density at radius 3 is 2.53 bits per heavy atom. The molecule has 0 aliphatic heterocycles. The van der Waals surface area contributed by atoms with Gasteiger partial charge in [-0.1, -0.05) is 6.92 Å². The van der Waals surface area contributed by atoms with Crippen LogP contribution in [0, 0.1) is 11.8 Å². The lowest BCUT2D eigenvalue weighted by atomic mass is 9.77. The zero-order valence-electron chi connectivity index (χ0n) is 9.99. The van der Waals surface area contributed by atoms with Gasteiger partial charge in [-0.2, -0.15) is 0 Å². The van der Waals surface area contributed by atoms with Crippen LogP contribution >= 0.6 is 0 Å². The summed E-state index contributed by atoms with van der Waals surface area (Å²) in [7, 11) is -0.820. The molecule has 0 amide bonds. The minimum absolute atomic E-state index is 0.336. The molecular formula is C11H23NO2S. The summed E-state index contributed by atoms with van der Waals surface area (Å²) < 4.78 is 22.3.